The first-order chi connectivity index (χ1) is 6.77. The smallest absolute Gasteiger partial charge is 0.225 e. The maximum atomic E-state index is 11.6. The van der Waals surface area contributed by atoms with Crippen LogP contribution in [0.2, 0.25) is 0 Å². The molecular weight excluding hydrogens is 196 g/mol. The first-order valence-electron chi connectivity index (χ1n) is 5.05. The number of hydrogen-bond donors (Lipinski definition) is 1. The Kier molecular flexibility index (Phi) is 4.81. The van der Waals surface area contributed by atoms with E-state index in [9.17, 15) is 4.79 Å². The number of thioether (sulfide) groups is 1. The van der Waals surface area contributed by atoms with E-state index in [1.54, 1.807) is 0 Å². The Morgan fingerprint density at radius 2 is 2.57 bits per heavy atom. The average molecular weight is 212 g/mol. The summed E-state index contributed by atoms with van der Waals surface area (Å²) >= 11 is 1.81. The highest BCUT2D eigenvalue weighted by Gasteiger charge is 2.24. The van der Waals surface area contributed by atoms with Crippen molar-refractivity contribution in [3.8, 4) is 6.07 Å². The summed E-state index contributed by atoms with van der Waals surface area (Å²) in [5, 5.41) is 11.6. The van der Waals surface area contributed by atoms with E-state index in [2.05, 4.69) is 11.4 Å². The molecule has 0 saturated carbocycles. The molecule has 0 aromatic carbocycles. The van der Waals surface area contributed by atoms with Gasteiger partial charge in [0.1, 0.15) is 6.04 Å². The SMILES string of the molecule is CCCC(C#N)NC(=O)C1CCSC1. The van der Waals surface area contributed by atoms with Gasteiger partial charge < -0.3 is 5.32 Å². The molecule has 0 radical (unpaired) electrons. The summed E-state index contributed by atoms with van der Waals surface area (Å²) in [4.78, 5) is 11.6. The van der Waals surface area contributed by atoms with Crippen LogP contribution in [0.5, 0.6) is 0 Å². The fourth-order valence-corrected chi connectivity index (χ4v) is 2.71. The van der Waals surface area contributed by atoms with Gasteiger partial charge in [0, 0.05) is 11.7 Å². The Hall–Kier alpha value is -0.690. The van der Waals surface area contributed by atoms with Crippen LogP contribution < -0.4 is 5.32 Å². The molecule has 0 spiro atoms. The van der Waals surface area contributed by atoms with Crippen molar-refractivity contribution in [1.82, 2.24) is 5.32 Å². The molecule has 3 nitrogen and oxygen atoms in total. The summed E-state index contributed by atoms with van der Waals surface area (Å²) in [6.07, 6.45) is 2.64. The second kappa shape index (κ2) is 5.92. The number of nitriles is 1. The second-order valence-corrected chi connectivity index (χ2v) is 4.69. The quantitative estimate of drug-likeness (QED) is 0.769. The molecule has 1 amide bonds. The highest BCUT2D eigenvalue weighted by Crippen LogP contribution is 2.23. The Morgan fingerprint density at radius 3 is 3.07 bits per heavy atom. The van der Waals surface area contributed by atoms with Crippen LogP contribution >= 0.6 is 11.8 Å². The van der Waals surface area contributed by atoms with E-state index in [0.29, 0.717) is 0 Å². The summed E-state index contributed by atoms with van der Waals surface area (Å²) in [7, 11) is 0. The highest BCUT2D eigenvalue weighted by molar-refractivity contribution is 7.99. The zero-order valence-electron chi connectivity index (χ0n) is 8.45. The Labute approximate surface area is 89.2 Å². The van der Waals surface area contributed by atoms with E-state index >= 15 is 0 Å². The zero-order valence-corrected chi connectivity index (χ0v) is 9.27. The number of amides is 1. The molecule has 14 heavy (non-hydrogen) atoms. The molecule has 2 atom stereocenters. The van der Waals surface area contributed by atoms with Crippen LogP contribution in [0.1, 0.15) is 26.2 Å². The second-order valence-electron chi connectivity index (χ2n) is 3.54. The van der Waals surface area contributed by atoms with E-state index < -0.39 is 0 Å². The van der Waals surface area contributed by atoms with Gasteiger partial charge in [-0.15, -0.1) is 0 Å². The molecule has 1 saturated heterocycles. The molecule has 1 fully saturated rings. The molecule has 2 unspecified atom stereocenters. The molecule has 1 N–H and O–H groups in total. The fraction of sp³-hybridized carbons (Fsp3) is 0.800. The molecule has 1 heterocycles. The molecular formula is C10H16N2OS. The van der Waals surface area contributed by atoms with Crippen LogP contribution in [-0.4, -0.2) is 23.5 Å². The predicted molar refractivity (Wildman–Crippen MR) is 57.9 cm³/mol. The first-order valence-corrected chi connectivity index (χ1v) is 6.21. The van der Waals surface area contributed by atoms with E-state index in [4.69, 9.17) is 5.26 Å². The minimum atomic E-state index is -0.293. The van der Waals surface area contributed by atoms with Gasteiger partial charge in [-0.3, -0.25) is 4.79 Å². The number of rotatable bonds is 4. The molecule has 1 aliphatic heterocycles. The van der Waals surface area contributed by atoms with Crippen molar-refractivity contribution in [3.63, 3.8) is 0 Å². The molecule has 78 valence electrons. The molecule has 0 aliphatic carbocycles. The van der Waals surface area contributed by atoms with Gasteiger partial charge in [-0.2, -0.15) is 17.0 Å². The zero-order chi connectivity index (χ0) is 10.4. The minimum absolute atomic E-state index is 0.0648. The lowest BCUT2D eigenvalue weighted by atomic mass is 10.1. The van der Waals surface area contributed by atoms with Gasteiger partial charge in [-0.25, -0.2) is 0 Å². The maximum Gasteiger partial charge on any atom is 0.225 e. The topological polar surface area (TPSA) is 52.9 Å². The third-order valence-corrected chi connectivity index (χ3v) is 3.51. The van der Waals surface area contributed by atoms with Crippen LogP contribution in [0.4, 0.5) is 0 Å². The van der Waals surface area contributed by atoms with Crippen LogP contribution in [0, 0.1) is 17.2 Å². The maximum absolute atomic E-state index is 11.6. The standard InChI is InChI=1S/C10H16N2OS/c1-2-3-9(6-11)12-10(13)8-4-5-14-7-8/h8-9H,2-5,7H2,1H3,(H,12,13). The van der Waals surface area contributed by atoms with Gasteiger partial charge >= 0.3 is 0 Å². The van der Waals surface area contributed by atoms with Gasteiger partial charge in [0.15, 0.2) is 0 Å². The van der Waals surface area contributed by atoms with E-state index in [-0.39, 0.29) is 17.9 Å². The average Bonchev–Trinajstić information content (AvgIpc) is 2.69. The third-order valence-electron chi connectivity index (χ3n) is 2.35. The van der Waals surface area contributed by atoms with Gasteiger partial charge in [0.2, 0.25) is 5.91 Å². The number of nitrogens with zero attached hydrogens (tertiary/aromatic N) is 1. The lowest BCUT2D eigenvalue weighted by Gasteiger charge is -2.13. The summed E-state index contributed by atoms with van der Waals surface area (Å²) < 4.78 is 0. The largest absolute Gasteiger partial charge is 0.340 e. The first kappa shape index (κ1) is 11.4. The van der Waals surface area contributed by atoms with Crippen LogP contribution in [0.25, 0.3) is 0 Å². The lowest BCUT2D eigenvalue weighted by molar-refractivity contribution is -0.124. The summed E-state index contributed by atoms with van der Waals surface area (Å²) in [5.41, 5.74) is 0. The monoisotopic (exact) mass is 212 g/mol. The lowest BCUT2D eigenvalue weighted by Crippen LogP contribution is -2.38. The number of hydrogen-bond acceptors (Lipinski definition) is 3. The van der Waals surface area contributed by atoms with Crippen molar-refractivity contribution in [1.29, 1.82) is 5.26 Å². The number of nitrogens with one attached hydrogen (secondary N) is 1. The Morgan fingerprint density at radius 1 is 1.79 bits per heavy atom. The summed E-state index contributed by atoms with van der Waals surface area (Å²) in [6.45, 7) is 2.02. The van der Waals surface area contributed by atoms with Crippen molar-refractivity contribution in [3.05, 3.63) is 0 Å². The van der Waals surface area contributed by atoms with Gasteiger partial charge in [0.05, 0.1) is 6.07 Å². The summed E-state index contributed by atoms with van der Waals surface area (Å²) in [6, 6.07) is 1.83. The van der Waals surface area contributed by atoms with Crippen LogP contribution in [0.15, 0.2) is 0 Å². The normalized spacial score (nSPS) is 22.7. The number of carbonyl (C=O) groups is 1. The van der Waals surface area contributed by atoms with Gasteiger partial charge in [-0.1, -0.05) is 13.3 Å². The van der Waals surface area contributed by atoms with E-state index in [1.165, 1.54) is 0 Å². The molecule has 0 aromatic heterocycles. The highest BCUT2D eigenvalue weighted by atomic mass is 32.2. The molecule has 1 aliphatic rings. The Balaban J connectivity index is 2.34. The minimum Gasteiger partial charge on any atom is -0.340 e. The van der Waals surface area contributed by atoms with E-state index in [0.717, 1.165) is 30.8 Å². The molecule has 4 heteroatoms. The van der Waals surface area contributed by atoms with Gasteiger partial charge in [-0.05, 0) is 18.6 Å². The summed E-state index contributed by atoms with van der Waals surface area (Å²) in [5.74, 6) is 2.18. The third kappa shape index (κ3) is 3.22. The van der Waals surface area contributed by atoms with Crippen molar-refractivity contribution >= 4 is 17.7 Å². The van der Waals surface area contributed by atoms with Crippen molar-refractivity contribution in [2.45, 2.75) is 32.2 Å². The van der Waals surface area contributed by atoms with Gasteiger partial charge in [0.25, 0.3) is 0 Å². The van der Waals surface area contributed by atoms with Crippen molar-refractivity contribution in [2.75, 3.05) is 11.5 Å². The van der Waals surface area contributed by atoms with E-state index in [1.807, 2.05) is 18.7 Å². The van der Waals surface area contributed by atoms with Crippen molar-refractivity contribution < 1.29 is 4.79 Å². The van der Waals surface area contributed by atoms with Crippen molar-refractivity contribution in [2.24, 2.45) is 5.92 Å². The molecule has 1 rings (SSSR count). The van der Waals surface area contributed by atoms with Crippen LogP contribution in [-0.2, 0) is 4.79 Å². The Bertz CT molecular complexity index is 231. The molecule has 0 aromatic rings. The number of carbonyl (C=O) groups excluding carboxylic acids is 1. The van der Waals surface area contributed by atoms with Crippen LogP contribution in [0.3, 0.4) is 0 Å². The molecule has 0 bridgehead atoms. The predicted octanol–water partition coefficient (Wildman–Crippen LogP) is 1.55. The fourth-order valence-electron chi connectivity index (χ4n) is 1.49.